The van der Waals surface area contributed by atoms with E-state index in [1.165, 1.54) is 69.8 Å². The van der Waals surface area contributed by atoms with Gasteiger partial charge < -0.3 is 0 Å². The highest BCUT2D eigenvalue weighted by Gasteiger charge is 2.31. The Balaban J connectivity index is 1.47. The van der Waals surface area contributed by atoms with Crippen LogP contribution in [0.25, 0.3) is 0 Å². The minimum absolute atomic E-state index is 0.612. The Hall–Kier alpha value is -0.560. The summed E-state index contributed by atoms with van der Waals surface area (Å²) >= 11 is 5.90. The van der Waals surface area contributed by atoms with E-state index in [1.54, 1.807) is 0 Å². The highest BCUT2D eigenvalue weighted by Crippen LogP contribution is 2.44. The summed E-state index contributed by atoms with van der Waals surface area (Å²) < 4.78 is 0. The van der Waals surface area contributed by atoms with E-state index >= 15 is 0 Å². The molecule has 2 heteroatoms. The van der Waals surface area contributed by atoms with Crippen LogP contribution in [0.5, 0.6) is 0 Å². The van der Waals surface area contributed by atoms with Gasteiger partial charge in [-0.05, 0) is 73.8 Å². The summed E-state index contributed by atoms with van der Waals surface area (Å²) in [7, 11) is 0. The van der Waals surface area contributed by atoms with Gasteiger partial charge in [-0.3, -0.25) is 0 Å². The molecular formula is C20H30ClN. The molecule has 122 valence electrons. The Kier molecular flexibility index (Phi) is 5.79. The second-order valence-corrected chi connectivity index (χ2v) is 7.98. The first-order chi connectivity index (χ1) is 10.8. The molecule has 2 fully saturated rings. The van der Waals surface area contributed by atoms with Crippen LogP contribution in [0.15, 0.2) is 18.3 Å². The molecule has 0 aliphatic heterocycles. The molecule has 0 spiro atoms. The van der Waals surface area contributed by atoms with Gasteiger partial charge in [-0.1, -0.05) is 50.3 Å². The molecule has 1 aromatic heterocycles. The lowest BCUT2D eigenvalue weighted by Gasteiger charge is -2.38. The highest BCUT2D eigenvalue weighted by atomic mass is 35.5. The van der Waals surface area contributed by atoms with E-state index in [1.807, 2.05) is 12.3 Å². The zero-order chi connectivity index (χ0) is 15.4. The fourth-order valence-corrected chi connectivity index (χ4v) is 5.02. The number of nitrogens with zero attached hydrogens (tertiary/aromatic N) is 1. The van der Waals surface area contributed by atoms with Crippen LogP contribution in [0.2, 0.25) is 5.15 Å². The van der Waals surface area contributed by atoms with Gasteiger partial charge >= 0.3 is 0 Å². The summed E-state index contributed by atoms with van der Waals surface area (Å²) in [4.78, 5) is 4.25. The summed E-state index contributed by atoms with van der Waals surface area (Å²) in [6.07, 6.45) is 16.4. The van der Waals surface area contributed by atoms with Crippen molar-refractivity contribution in [3.05, 3.63) is 29.0 Å². The molecule has 22 heavy (non-hydrogen) atoms. The molecule has 1 heterocycles. The van der Waals surface area contributed by atoms with Gasteiger partial charge in [0.2, 0.25) is 0 Å². The Morgan fingerprint density at radius 3 is 2.14 bits per heavy atom. The fourth-order valence-electron chi connectivity index (χ4n) is 4.91. The Bertz CT molecular complexity index is 439. The summed E-state index contributed by atoms with van der Waals surface area (Å²) in [6.45, 7) is 2.33. The normalized spacial score (nSPS) is 32.8. The maximum absolute atomic E-state index is 5.90. The van der Waals surface area contributed by atoms with Crippen LogP contribution in [-0.2, 0) is 0 Å². The first kappa shape index (κ1) is 16.3. The van der Waals surface area contributed by atoms with Crippen LogP contribution in [0.3, 0.4) is 0 Å². The molecule has 3 rings (SSSR count). The number of hydrogen-bond donors (Lipinski definition) is 0. The molecule has 2 aliphatic rings. The van der Waals surface area contributed by atoms with Crippen molar-refractivity contribution in [1.29, 1.82) is 0 Å². The molecule has 0 amide bonds. The largest absolute Gasteiger partial charge is 0.244 e. The van der Waals surface area contributed by atoms with Gasteiger partial charge in [-0.25, -0.2) is 4.98 Å². The third kappa shape index (κ3) is 4.04. The SMILES string of the molecule is CCC[C@H]1CC[C@H](C2CCC(c3ccc(Cl)nc3)CC2)CC1. The smallest absolute Gasteiger partial charge is 0.129 e. The summed E-state index contributed by atoms with van der Waals surface area (Å²) in [5, 5.41) is 0.612. The zero-order valence-corrected chi connectivity index (χ0v) is 14.7. The van der Waals surface area contributed by atoms with Gasteiger partial charge in [0, 0.05) is 6.20 Å². The number of halogens is 1. The molecule has 0 aromatic carbocycles. The lowest BCUT2D eigenvalue weighted by Crippen LogP contribution is -2.25. The molecule has 0 saturated heterocycles. The van der Waals surface area contributed by atoms with Gasteiger partial charge in [-0.2, -0.15) is 0 Å². The summed E-state index contributed by atoms with van der Waals surface area (Å²) in [6, 6.07) is 4.12. The molecule has 0 atom stereocenters. The first-order valence-corrected chi connectivity index (χ1v) is 9.75. The van der Waals surface area contributed by atoms with Crippen molar-refractivity contribution in [3.63, 3.8) is 0 Å². The van der Waals surface area contributed by atoms with Gasteiger partial charge in [-0.15, -0.1) is 0 Å². The van der Waals surface area contributed by atoms with E-state index in [2.05, 4.69) is 18.0 Å². The quantitative estimate of drug-likeness (QED) is 0.568. The summed E-state index contributed by atoms with van der Waals surface area (Å²) in [5.74, 6) is 3.78. The molecule has 2 aliphatic carbocycles. The van der Waals surface area contributed by atoms with Crippen molar-refractivity contribution in [2.45, 2.75) is 77.0 Å². The fraction of sp³-hybridized carbons (Fsp3) is 0.750. The maximum Gasteiger partial charge on any atom is 0.129 e. The highest BCUT2D eigenvalue weighted by molar-refractivity contribution is 6.29. The van der Waals surface area contributed by atoms with E-state index in [4.69, 9.17) is 11.6 Å². The van der Waals surface area contributed by atoms with Gasteiger partial charge in [0.1, 0.15) is 5.15 Å². The van der Waals surface area contributed by atoms with Crippen molar-refractivity contribution in [1.82, 2.24) is 4.98 Å². The molecule has 1 aromatic rings. The number of rotatable bonds is 4. The minimum Gasteiger partial charge on any atom is -0.244 e. The average Bonchev–Trinajstić information content (AvgIpc) is 2.57. The molecule has 0 N–H and O–H groups in total. The van der Waals surface area contributed by atoms with Crippen LogP contribution in [0, 0.1) is 17.8 Å². The van der Waals surface area contributed by atoms with Crippen LogP contribution >= 0.6 is 11.6 Å². The first-order valence-electron chi connectivity index (χ1n) is 9.37. The lowest BCUT2D eigenvalue weighted by molar-refractivity contribution is 0.156. The van der Waals surface area contributed by atoms with Crippen molar-refractivity contribution in [2.24, 2.45) is 17.8 Å². The molecule has 0 unspecified atom stereocenters. The maximum atomic E-state index is 5.90. The van der Waals surface area contributed by atoms with E-state index in [-0.39, 0.29) is 0 Å². The topological polar surface area (TPSA) is 12.9 Å². The number of aromatic nitrogens is 1. The monoisotopic (exact) mass is 319 g/mol. The van der Waals surface area contributed by atoms with Crippen molar-refractivity contribution in [2.75, 3.05) is 0 Å². The van der Waals surface area contributed by atoms with Crippen molar-refractivity contribution >= 4 is 11.6 Å². The van der Waals surface area contributed by atoms with E-state index in [0.29, 0.717) is 5.15 Å². The van der Waals surface area contributed by atoms with Crippen molar-refractivity contribution < 1.29 is 0 Å². The van der Waals surface area contributed by atoms with Gasteiger partial charge in [0.25, 0.3) is 0 Å². The van der Waals surface area contributed by atoms with Crippen molar-refractivity contribution in [3.8, 4) is 0 Å². The van der Waals surface area contributed by atoms with Crippen LogP contribution in [0.1, 0.15) is 82.6 Å². The molecule has 1 nitrogen and oxygen atoms in total. The zero-order valence-electron chi connectivity index (χ0n) is 13.9. The standard InChI is InChI=1S/C20H30ClN/c1-2-3-15-4-6-16(7-5-15)17-8-10-18(11-9-17)19-12-13-20(21)22-14-19/h12-18H,2-11H2,1H3/t15-,16-,17?,18?. The van der Waals surface area contributed by atoms with Gasteiger partial charge in [0.15, 0.2) is 0 Å². The Labute approximate surface area is 140 Å². The average molecular weight is 320 g/mol. The summed E-state index contributed by atoms with van der Waals surface area (Å²) in [5.41, 5.74) is 1.40. The predicted molar refractivity (Wildman–Crippen MR) is 94.3 cm³/mol. The third-order valence-electron chi connectivity index (χ3n) is 6.25. The second-order valence-electron chi connectivity index (χ2n) is 7.60. The van der Waals surface area contributed by atoms with Gasteiger partial charge in [0.05, 0.1) is 0 Å². The third-order valence-corrected chi connectivity index (χ3v) is 6.47. The number of hydrogen-bond acceptors (Lipinski definition) is 1. The molecule has 0 bridgehead atoms. The Morgan fingerprint density at radius 1 is 0.955 bits per heavy atom. The molecular weight excluding hydrogens is 290 g/mol. The lowest BCUT2D eigenvalue weighted by atomic mass is 9.68. The minimum atomic E-state index is 0.612. The van der Waals surface area contributed by atoms with Crippen LogP contribution in [0.4, 0.5) is 0 Å². The predicted octanol–water partition coefficient (Wildman–Crippen LogP) is 6.62. The van der Waals surface area contributed by atoms with E-state index in [9.17, 15) is 0 Å². The molecule has 2 saturated carbocycles. The van der Waals surface area contributed by atoms with Crippen LogP contribution in [-0.4, -0.2) is 4.98 Å². The number of pyridine rings is 1. The second kappa shape index (κ2) is 7.81. The van der Waals surface area contributed by atoms with Crippen LogP contribution < -0.4 is 0 Å². The molecule has 0 radical (unpaired) electrons. The Morgan fingerprint density at radius 2 is 1.59 bits per heavy atom. The van der Waals surface area contributed by atoms with E-state index < -0.39 is 0 Å². The van der Waals surface area contributed by atoms with E-state index in [0.717, 1.165) is 23.7 Å².